The van der Waals surface area contributed by atoms with Crippen LogP contribution in [0.1, 0.15) is 60.6 Å². The minimum absolute atomic E-state index is 0.0153. The molecule has 120 valence electrons. The molecule has 1 aliphatic rings. The molecule has 0 radical (unpaired) electrons. The summed E-state index contributed by atoms with van der Waals surface area (Å²) in [5.41, 5.74) is 1.34. The highest BCUT2D eigenvalue weighted by Crippen LogP contribution is 2.33. The van der Waals surface area contributed by atoms with Gasteiger partial charge in [-0.2, -0.15) is 0 Å². The van der Waals surface area contributed by atoms with Crippen LogP contribution < -0.4 is 0 Å². The maximum Gasteiger partial charge on any atom is 0.274 e. The molecular formula is C16H18N4O2S. The second kappa shape index (κ2) is 5.49. The van der Waals surface area contributed by atoms with Crippen LogP contribution in [0.2, 0.25) is 0 Å². The van der Waals surface area contributed by atoms with Gasteiger partial charge in [0.25, 0.3) is 5.91 Å². The fourth-order valence-corrected chi connectivity index (χ4v) is 3.73. The van der Waals surface area contributed by atoms with Gasteiger partial charge in [-0.15, -0.1) is 11.3 Å². The van der Waals surface area contributed by atoms with E-state index in [1.807, 2.05) is 26.9 Å². The van der Waals surface area contributed by atoms with E-state index >= 15 is 0 Å². The fourth-order valence-electron chi connectivity index (χ4n) is 3.03. The maximum absolute atomic E-state index is 12.8. The van der Waals surface area contributed by atoms with E-state index in [4.69, 9.17) is 4.52 Å². The van der Waals surface area contributed by atoms with Gasteiger partial charge in [-0.3, -0.25) is 9.20 Å². The van der Waals surface area contributed by atoms with Crippen LogP contribution in [0.3, 0.4) is 0 Å². The van der Waals surface area contributed by atoms with Crippen molar-refractivity contribution < 1.29 is 9.32 Å². The molecule has 1 saturated heterocycles. The Morgan fingerprint density at radius 2 is 2.35 bits per heavy atom. The molecule has 3 aromatic heterocycles. The molecule has 4 heterocycles. The van der Waals surface area contributed by atoms with E-state index < -0.39 is 0 Å². The quantitative estimate of drug-likeness (QED) is 0.737. The number of hydrogen-bond donors (Lipinski definition) is 0. The molecule has 1 atom stereocenters. The monoisotopic (exact) mass is 330 g/mol. The number of carbonyl (C=O) groups excluding carboxylic acids is 1. The van der Waals surface area contributed by atoms with Gasteiger partial charge in [-0.25, -0.2) is 4.98 Å². The minimum Gasteiger partial charge on any atom is -0.361 e. The number of hydrogen-bond acceptors (Lipinski definition) is 5. The van der Waals surface area contributed by atoms with Crippen LogP contribution >= 0.6 is 11.3 Å². The smallest absolute Gasteiger partial charge is 0.274 e. The van der Waals surface area contributed by atoms with E-state index in [-0.39, 0.29) is 11.9 Å². The van der Waals surface area contributed by atoms with E-state index in [0.29, 0.717) is 11.6 Å². The number of thiazole rings is 1. The second-order valence-corrected chi connectivity index (χ2v) is 7.06. The molecule has 0 aliphatic carbocycles. The van der Waals surface area contributed by atoms with Crippen LogP contribution in [0.5, 0.6) is 0 Å². The highest BCUT2D eigenvalue weighted by atomic mass is 32.1. The normalized spacial score (nSPS) is 18.4. The second-order valence-electron chi connectivity index (χ2n) is 6.18. The van der Waals surface area contributed by atoms with Crippen LogP contribution in [-0.2, 0) is 0 Å². The third kappa shape index (κ3) is 2.45. The van der Waals surface area contributed by atoms with Crippen LogP contribution in [0.15, 0.2) is 28.4 Å². The van der Waals surface area contributed by atoms with E-state index in [2.05, 4.69) is 24.0 Å². The molecule has 0 aromatic carbocycles. The van der Waals surface area contributed by atoms with Crippen molar-refractivity contribution >= 4 is 22.2 Å². The summed E-state index contributed by atoms with van der Waals surface area (Å²) in [6, 6.07) is 1.96. The number of imidazole rings is 1. The zero-order chi connectivity index (χ0) is 16.0. The molecule has 0 unspecified atom stereocenters. The summed E-state index contributed by atoms with van der Waals surface area (Å²) in [5.74, 6) is 1.13. The molecule has 0 saturated carbocycles. The van der Waals surface area contributed by atoms with E-state index in [0.717, 1.165) is 35.8 Å². The number of fused-ring (bicyclic) bond motifs is 1. The summed E-state index contributed by atoms with van der Waals surface area (Å²) in [6.45, 7) is 4.87. The molecule has 1 fully saturated rings. The molecule has 1 amide bonds. The lowest BCUT2D eigenvalue weighted by Crippen LogP contribution is -2.31. The molecule has 1 aliphatic heterocycles. The van der Waals surface area contributed by atoms with Crippen molar-refractivity contribution in [1.82, 2.24) is 19.4 Å². The average Bonchev–Trinajstić information content (AvgIpc) is 3.26. The van der Waals surface area contributed by atoms with Crippen molar-refractivity contribution in [2.75, 3.05) is 6.54 Å². The largest absolute Gasteiger partial charge is 0.361 e. The minimum atomic E-state index is -0.0301. The molecule has 0 N–H and O–H groups in total. The Bertz CT molecular complexity index is 819. The highest BCUT2D eigenvalue weighted by molar-refractivity contribution is 7.15. The standard InChI is InChI=1S/C16H18N4O2S/c1-10(2)14-8-11(18-22-14)13-4-3-5-20(13)15(21)12-9-19-6-7-23-16(19)17-12/h6-10,13H,3-5H2,1-2H3/t13-/m0/s1. The first-order valence-corrected chi connectivity index (χ1v) is 8.71. The molecule has 3 aromatic rings. The highest BCUT2D eigenvalue weighted by Gasteiger charge is 2.34. The first-order chi connectivity index (χ1) is 11.1. The summed E-state index contributed by atoms with van der Waals surface area (Å²) in [7, 11) is 0. The van der Waals surface area contributed by atoms with Crippen molar-refractivity contribution in [3.63, 3.8) is 0 Å². The van der Waals surface area contributed by atoms with Crippen LogP contribution in [0, 0.1) is 0 Å². The van der Waals surface area contributed by atoms with Gasteiger partial charge in [0.15, 0.2) is 4.96 Å². The zero-order valence-corrected chi connectivity index (χ0v) is 13.9. The van der Waals surface area contributed by atoms with Gasteiger partial charge < -0.3 is 9.42 Å². The third-order valence-corrected chi connectivity index (χ3v) is 5.05. The number of carbonyl (C=O) groups is 1. The Kier molecular flexibility index (Phi) is 3.45. The fraction of sp³-hybridized carbons (Fsp3) is 0.438. The van der Waals surface area contributed by atoms with Gasteiger partial charge in [0, 0.05) is 36.3 Å². The molecule has 7 heteroatoms. The number of aromatic nitrogens is 3. The Hall–Kier alpha value is -2.15. The number of likely N-dealkylation sites (tertiary alicyclic amines) is 1. The Labute approximate surface area is 137 Å². The lowest BCUT2D eigenvalue weighted by molar-refractivity contribution is 0.0725. The molecule has 23 heavy (non-hydrogen) atoms. The lowest BCUT2D eigenvalue weighted by Gasteiger charge is -2.21. The van der Waals surface area contributed by atoms with E-state index in [1.54, 1.807) is 6.20 Å². The number of amides is 1. The van der Waals surface area contributed by atoms with E-state index in [1.165, 1.54) is 11.3 Å². The molecular weight excluding hydrogens is 312 g/mol. The summed E-state index contributed by atoms with van der Waals surface area (Å²) < 4.78 is 7.29. The van der Waals surface area contributed by atoms with Gasteiger partial charge >= 0.3 is 0 Å². The van der Waals surface area contributed by atoms with Gasteiger partial charge in [0.1, 0.15) is 17.1 Å². The summed E-state index contributed by atoms with van der Waals surface area (Å²) >= 11 is 1.53. The van der Waals surface area contributed by atoms with Crippen LogP contribution in [0.25, 0.3) is 4.96 Å². The Morgan fingerprint density at radius 3 is 3.09 bits per heavy atom. The topological polar surface area (TPSA) is 63.6 Å². The predicted octanol–water partition coefficient (Wildman–Crippen LogP) is 3.48. The van der Waals surface area contributed by atoms with Crippen LogP contribution in [-0.4, -0.2) is 31.9 Å². The number of rotatable bonds is 3. The summed E-state index contributed by atoms with van der Waals surface area (Å²) in [6.07, 6.45) is 5.60. The Balaban J connectivity index is 1.61. The Morgan fingerprint density at radius 1 is 1.48 bits per heavy atom. The third-order valence-electron chi connectivity index (χ3n) is 4.28. The summed E-state index contributed by atoms with van der Waals surface area (Å²) in [5, 5.41) is 6.14. The number of nitrogens with zero attached hydrogens (tertiary/aromatic N) is 4. The lowest BCUT2D eigenvalue weighted by atomic mass is 10.1. The van der Waals surface area contributed by atoms with E-state index in [9.17, 15) is 4.79 Å². The van der Waals surface area contributed by atoms with Crippen LogP contribution in [0.4, 0.5) is 0 Å². The summed E-state index contributed by atoms with van der Waals surface area (Å²) in [4.78, 5) is 20.0. The maximum atomic E-state index is 12.8. The van der Waals surface area contributed by atoms with Gasteiger partial charge in [0.2, 0.25) is 0 Å². The first kappa shape index (κ1) is 14.4. The van der Waals surface area contributed by atoms with Crippen molar-refractivity contribution in [2.24, 2.45) is 0 Å². The zero-order valence-electron chi connectivity index (χ0n) is 13.1. The molecule has 4 rings (SSSR count). The first-order valence-electron chi connectivity index (χ1n) is 7.83. The van der Waals surface area contributed by atoms with Crippen molar-refractivity contribution in [3.05, 3.63) is 41.0 Å². The van der Waals surface area contributed by atoms with Gasteiger partial charge in [0.05, 0.1) is 6.04 Å². The molecule has 0 bridgehead atoms. The SMILES string of the molecule is CC(C)c1cc([C@@H]2CCCN2C(=O)c2cn3ccsc3n2)no1. The predicted molar refractivity (Wildman–Crippen MR) is 86.7 cm³/mol. The van der Waals surface area contributed by atoms with Gasteiger partial charge in [-0.1, -0.05) is 19.0 Å². The molecule has 6 nitrogen and oxygen atoms in total. The van der Waals surface area contributed by atoms with Crippen molar-refractivity contribution in [2.45, 2.75) is 38.6 Å². The average molecular weight is 330 g/mol. The van der Waals surface area contributed by atoms with Crippen molar-refractivity contribution in [1.29, 1.82) is 0 Å². The molecule has 0 spiro atoms. The van der Waals surface area contributed by atoms with Crippen molar-refractivity contribution in [3.8, 4) is 0 Å². The van der Waals surface area contributed by atoms with Gasteiger partial charge in [-0.05, 0) is 12.8 Å².